The van der Waals surface area contributed by atoms with Crippen LogP contribution in [0.1, 0.15) is 26.7 Å². The van der Waals surface area contributed by atoms with Crippen LogP contribution in [0.5, 0.6) is 0 Å². The highest BCUT2D eigenvalue weighted by Gasteiger charge is 2.84. The maximum absolute atomic E-state index is 12.2. The van der Waals surface area contributed by atoms with Crippen molar-refractivity contribution >= 4 is 5.97 Å². The number of piperidine rings is 1. The highest BCUT2D eigenvalue weighted by Crippen LogP contribution is 2.72. The van der Waals surface area contributed by atoms with Crippen LogP contribution in [0.4, 0.5) is 0 Å². The van der Waals surface area contributed by atoms with Crippen molar-refractivity contribution < 1.29 is 28.8 Å². The van der Waals surface area contributed by atoms with Crippen LogP contribution in [0.3, 0.4) is 0 Å². The van der Waals surface area contributed by atoms with E-state index in [4.69, 9.17) is 18.9 Å². The predicted octanol–water partition coefficient (Wildman–Crippen LogP) is 0.481. The monoisotopic (exact) mass is 404 g/mol. The molecule has 29 heavy (non-hydrogen) atoms. The molecule has 5 bridgehead atoms. The summed E-state index contributed by atoms with van der Waals surface area (Å²) in [6.07, 6.45) is 2.17. The number of allylic oxidation sites excluding steroid dienone is 1. The second kappa shape index (κ2) is 5.75. The first-order valence-electron chi connectivity index (χ1n) is 10.7. The van der Waals surface area contributed by atoms with Crippen LogP contribution < -0.4 is 5.32 Å². The molecule has 5 saturated heterocycles. The molecular weight excluding hydrogens is 376 g/mol. The number of rotatable bonds is 5. The lowest BCUT2D eigenvalue weighted by Crippen LogP contribution is -2.64. The minimum atomic E-state index is -0.662. The predicted molar refractivity (Wildman–Crippen MR) is 100 cm³/mol. The van der Waals surface area contributed by atoms with Crippen molar-refractivity contribution in [3.05, 3.63) is 22.9 Å². The fraction of sp³-hybridized carbons (Fsp3) is 0.762. The summed E-state index contributed by atoms with van der Waals surface area (Å²) in [6.45, 7) is 6.45. The van der Waals surface area contributed by atoms with Crippen LogP contribution in [-0.4, -0.2) is 72.8 Å². The van der Waals surface area contributed by atoms with E-state index in [-0.39, 0.29) is 42.0 Å². The molecule has 8 heteroatoms. The summed E-state index contributed by atoms with van der Waals surface area (Å²) >= 11 is 0. The van der Waals surface area contributed by atoms with E-state index in [1.807, 2.05) is 0 Å². The Labute approximate surface area is 169 Å². The van der Waals surface area contributed by atoms with Gasteiger partial charge in [0.1, 0.15) is 5.76 Å². The van der Waals surface area contributed by atoms with Gasteiger partial charge in [0.15, 0.2) is 5.76 Å². The molecule has 2 N–H and O–H groups in total. The van der Waals surface area contributed by atoms with Crippen molar-refractivity contribution in [2.75, 3.05) is 33.4 Å². The third-order valence-electron chi connectivity index (χ3n) is 8.30. The fourth-order valence-corrected chi connectivity index (χ4v) is 7.40. The van der Waals surface area contributed by atoms with Gasteiger partial charge in [-0.05, 0) is 26.3 Å². The van der Waals surface area contributed by atoms with Crippen molar-refractivity contribution in [1.29, 1.82) is 0 Å². The second-order valence-corrected chi connectivity index (χ2v) is 9.21. The molecule has 1 spiro atoms. The summed E-state index contributed by atoms with van der Waals surface area (Å²) in [6, 6.07) is 0.393. The zero-order valence-corrected chi connectivity index (χ0v) is 17.1. The summed E-state index contributed by atoms with van der Waals surface area (Å²) in [5.41, 5.74) is 0.404. The number of ether oxygens (including phenoxy) is 4. The maximum Gasteiger partial charge on any atom is 0.343 e. The van der Waals surface area contributed by atoms with Crippen LogP contribution in [0.2, 0.25) is 0 Å². The van der Waals surface area contributed by atoms with Crippen LogP contribution in [0.15, 0.2) is 22.9 Å². The molecule has 6 rings (SSSR count). The maximum atomic E-state index is 12.2. The highest BCUT2D eigenvalue weighted by atomic mass is 16.7. The average Bonchev–Trinajstić information content (AvgIpc) is 3.40. The summed E-state index contributed by atoms with van der Waals surface area (Å²) < 4.78 is 24.5. The first kappa shape index (κ1) is 18.2. The number of nitrogens with one attached hydrogen (secondary N) is 1. The van der Waals surface area contributed by atoms with E-state index in [0.29, 0.717) is 35.4 Å². The Morgan fingerprint density at radius 3 is 3.00 bits per heavy atom. The number of methoxy groups -OCH3 is 1. The standard InChI is InChI=1S/C21H28N2O6/c1-10-15-12-8-14-20(9-22-5-7-24)13(4-6-23(12)20)21(15,28-14)29-17(10)18-16(26-3)11(2)19(25)27-18/h10,12-15,22,24H,4-9H2,1-3H3/b18-17-/t10-,12-,13-,14-,15+,20-,21+/m0/s1. The zero-order valence-electron chi connectivity index (χ0n) is 17.1. The van der Waals surface area contributed by atoms with Crippen LogP contribution in [0, 0.1) is 17.8 Å². The molecule has 0 aromatic heterocycles. The van der Waals surface area contributed by atoms with Gasteiger partial charge in [0.2, 0.25) is 11.5 Å². The van der Waals surface area contributed by atoms with Crippen molar-refractivity contribution in [3.8, 4) is 0 Å². The summed E-state index contributed by atoms with van der Waals surface area (Å²) in [7, 11) is 1.56. The van der Waals surface area contributed by atoms with Crippen LogP contribution >= 0.6 is 0 Å². The third kappa shape index (κ3) is 1.88. The van der Waals surface area contributed by atoms with Gasteiger partial charge < -0.3 is 29.4 Å². The smallest absolute Gasteiger partial charge is 0.343 e. The van der Waals surface area contributed by atoms with Gasteiger partial charge in [-0.3, -0.25) is 4.90 Å². The Kier molecular flexibility index (Phi) is 3.61. The lowest BCUT2D eigenvalue weighted by molar-refractivity contribution is -0.255. The van der Waals surface area contributed by atoms with E-state index in [0.717, 1.165) is 25.9 Å². The number of carbonyl (C=O) groups excluding carboxylic acids is 1. The number of esters is 1. The Morgan fingerprint density at radius 2 is 2.24 bits per heavy atom. The van der Waals surface area contributed by atoms with Gasteiger partial charge in [-0.1, -0.05) is 6.92 Å². The molecule has 5 fully saturated rings. The van der Waals surface area contributed by atoms with E-state index in [9.17, 15) is 9.90 Å². The van der Waals surface area contributed by atoms with Gasteiger partial charge in [-0.25, -0.2) is 4.79 Å². The molecule has 0 aliphatic carbocycles. The average molecular weight is 404 g/mol. The first-order valence-corrected chi connectivity index (χ1v) is 10.7. The topological polar surface area (TPSA) is 89.5 Å². The van der Waals surface area contributed by atoms with Gasteiger partial charge in [-0.2, -0.15) is 0 Å². The number of aliphatic hydroxyl groups excluding tert-OH is 1. The number of nitrogens with zero attached hydrogens (tertiary/aromatic N) is 1. The van der Waals surface area contributed by atoms with Crippen LogP contribution in [0.25, 0.3) is 0 Å². The van der Waals surface area contributed by atoms with Gasteiger partial charge in [0.05, 0.1) is 36.9 Å². The lowest BCUT2D eigenvalue weighted by atomic mass is 9.71. The highest BCUT2D eigenvalue weighted by molar-refractivity contribution is 5.93. The number of hydrogen-bond acceptors (Lipinski definition) is 8. The number of carbonyl (C=O) groups is 1. The molecule has 158 valence electrons. The van der Waals surface area contributed by atoms with Gasteiger partial charge in [0, 0.05) is 31.0 Å². The second-order valence-electron chi connectivity index (χ2n) is 9.21. The SMILES string of the molecule is COC1=C(C)C(=O)O/C1=C1\O[C@@]23O[C@H]4C[C@@H]([C@H]2[C@@H]1C)N1CC[C@H]3[C@@]41CNCCO. The molecule has 1 unspecified atom stereocenters. The van der Waals surface area contributed by atoms with Crippen molar-refractivity contribution in [1.82, 2.24) is 10.2 Å². The Hall–Kier alpha value is -1.61. The molecule has 6 aliphatic heterocycles. The van der Waals surface area contributed by atoms with E-state index in [2.05, 4.69) is 17.1 Å². The molecule has 0 aromatic carbocycles. The zero-order chi connectivity index (χ0) is 20.1. The summed E-state index contributed by atoms with van der Waals surface area (Å²) in [5.74, 6) is 1.08. The molecule has 0 radical (unpaired) electrons. The largest absolute Gasteiger partial charge is 0.492 e. The molecule has 6 heterocycles. The van der Waals surface area contributed by atoms with Crippen molar-refractivity contribution in [2.45, 2.75) is 50.2 Å². The minimum Gasteiger partial charge on any atom is -0.492 e. The van der Waals surface area contributed by atoms with E-state index in [1.54, 1.807) is 14.0 Å². The normalized spacial score (nSPS) is 51.1. The quantitative estimate of drug-likeness (QED) is 0.505. The molecule has 0 saturated carbocycles. The summed E-state index contributed by atoms with van der Waals surface area (Å²) in [5, 5.41) is 12.6. The number of aliphatic hydroxyl groups is 1. The Balaban J connectivity index is 1.43. The molecule has 8 nitrogen and oxygen atoms in total. The van der Waals surface area contributed by atoms with Gasteiger partial charge >= 0.3 is 5.97 Å². The molecule has 0 aromatic rings. The first-order chi connectivity index (χ1) is 14.0. The Morgan fingerprint density at radius 1 is 1.41 bits per heavy atom. The third-order valence-corrected chi connectivity index (χ3v) is 8.30. The summed E-state index contributed by atoms with van der Waals surface area (Å²) in [4.78, 5) is 14.8. The number of hydrogen-bond donors (Lipinski definition) is 2. The molecular formula is C21H28N2O6. The van der Waals surface area contributed by atoms with Crippen molar-refractivity contribution in [3.63, 3.8) is 0 Å². The van der Waals surface area contributed by atoms with E-state index >= 15 is 0 Å². The molecule has 6 aliphatic rings. The number of cyclic esters (lactones) is 1. The molecule has 0 amide bonds. The van der Waals surface area contributed by atoms with E-state index < -0.39 is 5.79 Å². The van der Waals surface area contributed by atoms with Crippen molar-refractivity contribution in [2.24, 2.45) is 17.8 Å². The van der Waals surface area contributed by atoms with Gasteiger partial charge in [0.25, 0.3) is 0 Å². The Bertz CT molecular complexity index is 854. The van der Waals surface area contributed by atoms with Gasteiger partial charge in [-0.15, -0.1) is 0 Å². The minimum absolute atomic E-state index is 0.0711. The van der Waals surface area contributed by atoms with E-state index in [1.165, 1.54) is 0 Å². The van der Waals surface area contributed by atoms with Crippen LogP contribution in [-0.2, 0) is 23.7 Å². The lowest BCUT2D eigenvalue weighted by Gasteiger charge is -2.48. The molecule has 8 atom stereocenters. The fourth-order valence-electron chi connectivity index (χ4n) is 7.40. The number of fused-ring (bicyclic) bond motifs is 1.